The summed E-state index contributed by atoms with van der Waals surface area (Å²) in [6.45, 7) is 12.4. The molecule has 3 N–H and O–H groups in total. The van der Waals surface area contributed by atoms with E-state index in [1.54, 1.807) is 32.9 Å². The van der Waals surface area contributed by atoms with Crippen LogP contribution in [-0.4, -0.2) is 63.4 Å². The number of benzene rings is 1. The van der Waals surface area contributed by atoms with Gasteiger partial charge in [-0.2, -0.15) is 12.8 Å². The molecule has 13 heteroatoms. The first-order valence-corrected chi connectivity index (χ1v) is 15.1. The molecule has 1 aromatic heterocycles. The Balaban J connectivity index is 0.000000553. The molecule has 1 atom stereocenters. The summed E-state index contributed by atoms with van der Waals surface area (Å²) >= 11 is 1.21. The number of esters is 1. The number of hydrogen-bond acceptors (Lipinski definition) is 10. The second-order valence-electron chi connectivity index (χ2n) is 10.6. The van der Waals surface area contributed by atoms with Crippen molar-refractivity contribution < 1.29 is 27.5 Å². The fraction of sp³-hybridized carbons (Fsp3) is 0.500. The van der Waals surface area contributed by atoms with Gasteiger partial charge in [-0.15, -0.1) is 11.3 Å². The van der Waals surface area contributed by atoms with E-state index in [0.717, 1.165) is 17.8 Å². The molecule has 2 heterocycles. The van der Waals surface area contributed by atoms with Gasteiger partial charge in [0, 0.05) is 24.4 Å². The van der Waals surface area contributed by atoms with Crippen molar-refractivity contribution in [1.29, 1.82) is 0 Å². The minimum Gasteiger partial charge on any atom is -0.458 e. The molecule has 0 aliphatic carbocycles. The Labute approximate surface area is 246 Å². The number of carbonyl (C=O) groups is 3. The molecular formula is C28H39N5O6S2. The zero-order valence-corrected chi connectivity index (χ0v) is 26.0. The highest BCUT2D eigenvalue weighted by Gasteiger charge is 2.26. The normalized spacial score (nSPS) is 13.4. The third-order valence-electron chi connectivity index (χ3n) is 5.35. The lowest BCUT2D eigenvalue weighted by molar-refractivity contribution is -0.156. The standard InChI is InChI=1S/C19H27N5O6S2.C9H12/c1-19(2,3)30-17(27)13(24-32(28)29)11-22-16(26)14-7-5-12(31-14)6-8-15(25)23-18-20-9-4-10-21-18;1-7-4-8(2)6-9(3)5-7/h5,7,13H,4,6,8-11H2,1-3H3,(H,22,26)(H2,20,21,23,25);4-6H,1-3H3/t13-;/m0./s1. The summed E-state index contributed by atoms with van der Waals surface area (Å²) in [5, 5.41) is 8.23. The third kappa shape index (κ3) is 13.6. The Kier molecular flexibility index (Phi) is 13.1. The molecular weight excluding hydrogens is 566 g/mol. The minimum absolute atomic E-state index is 0.176. The number of aliphatic imine (C=N–C) groups is 1. The second-order valence-corrected chi connectivity index (χ2v) is 12.4. The molecule has 2 amide bonds. The van der Waals surface area contributed by atoms with E-state index in [2.05, 4.69) is 64.3 Å². The summed E-state index contributed by atoms with van der Waals surface area (Å²) in [4.78, 5) is 42.0. The van der Waals surface area contributed by atoms with E-state index in [0.29, 0.717) is 23.8 Å². The summed E-state index contributed by atoms with van der Waals surface area (Å²) in [6.07, 6.45) is 1.61. The van der Waals surface area contributed by atoms with Crippen molar-refractivity contribution in [2.24, 2.45) is 9.36 Å². The molecule has 11 nitrogen and oxygen atoms in total. The summed E-state index contributed by atoms with van der Waals surface area (Å²) in [6, 6.07) is 8.53. The fourth-order valence-electron chi connectivity index (χ4n) is 3.80. The minimum atomic E-state index is -2.84. The quantitative estimate of drug-likeness (QED) is 0.390. The molecule has 2 aromatic rings. The van der Waals surface area contributed by atoms with Gasteiger partial charge < -0.3 is 15.4 Å². The van der Waals surface area contributed by atoms with Crippen molar-refractivity contribution in [3.63, 3.8) is 0 Å². The lowest BCUT2D eigenvalue weighted by Crippen LogP contribution is -2.43. The first-order chi connectivity index (χ1) is 19.2. The maximum Gasteiger partial charge on any atom is 0.334 e. The van der Waals surface area contributed by atoms with Gasteiger partial charge in [0.2, 0.25) is 5.91 Å². The fourth-order valence-corrected chi connectivity index (χ4v) is 5.09. The number of ether oxygens (including phenoxy) is 1. The predicted molar refractivity (Wildman–Crippen MR) is 160 cm³/mol. The number of carbonyl (C=O) groups excluding carboxylic acids is 3. The molecule has 3 rings (SSSR count). The van der Waals surface area contributed by atoms with Gasteiger partial charge in [0.25, 0.3) is 5.91 Å². The topological polar surface area (TPSA) is 155 Å². The Morgan fingerprint density at radius 1 is 1.10 bits per heavy atom. The van der Waals surface area contributed by atoms with E-state index in [9.17, 15) is 22.8 Å². The van der Waals surface area contributed by atoms with Crippen LogP contribution in [0.15, 0.2) is 39.7 Å². The number of rotatable bonds is 8. The SMILES string of the molecule is CC(C)(C)OC(=O)[C@H](CNC(=O)c1ccc(CCC(=O)NC2=NCCCN2)s1)N=S(=O)=O.Cc1cc(C)cc(C)c1. The van der Waals surface area contributed by atoms with Crippen LogP contribution in [-0.2, 0) is 31.2 Å². The van der Waals surface area contributed by atoms with Crippen LogP contribution in [0, 0.1) is 20.8 Å². The van der Waals surface area contributed by atoms with Crippen LogP contribution in [0.1, 0.15) is 64.9 Å². The van der Waals surface area contributed by atoms with Crippen LogP contribution < -0.4 is 16.0 Å². The highest BCUT2D eigenvalue weighted by Crippen LogP contribution is 2.18. The number of hydrogen-bond donors (Lipinski definition) is 3. The number of nitrogens with one attached hydrogen (secondary N) is 3. The van der Waals surface area contributed by atoms with Crippen LogP contribution >= 0.6 is 11.3 Å². The third-order valence-corrected chi connectivity index (χ3v) is 6.92. The Hall–Kier alpha value is -3.58. The van der Waals surface area contributed by atoms with Crippen LogP contribution in [0.3, 0.4) is 0 Å². The van der Waals surface area contributed by atoms with Crippen molar-refractivity contribution in [3.05, 3.63) is 56.8 Å². The van der Waals surface area contributed by atoms with E-state index < -0.39 is 34.0 Å². The molecule has 224 valence electrons. The molecule has 1 aliphatic heterocycles. The van der Waals surface area contributed by atoms with Crippen molar-refractivity contribution in [2.75, 3.05) is 19.6 Å². The Morgan fingerprint density at radius 2 is 1.73 bits per heavy atom. The largest absolute Gasteiger partial charge is 0.458 e. The van der Waals surface area contributed by atoms with E-state index in [1.165, 1.54) is 28.0 Å². The van der Waals surface area contributed by atoms with Gasteiger partial charge in [0.05, 0.1) is 11.4 Å². The molecule has 0 saturated heterocycles. The zero-order valence-electron chi connectivity index (χ0n) is 24.4. The van der Waals surface area contributed by atoms with Gasteiger partial charge in [-0.05, 0) is 66.5 Å². The van der Waals surface area contributed by atoms with Gasteiger partial charge in [0.1, 0.15) is 5.60 Å². The first-order valence-electron chi connectivity index (χ1n) is 13.2. The molecule has 0 spiro atoms. The summed E-state index contributed by atoms with van der Waals surface area (Å²) in [5.41, 5.74) is 3.24. The summed E-state index contributed by atoms with van der Waals surface area (Å²) in [5.74, 6) is -1.02. The number of thiophene rings is 1. The van der Waals surface area contributed by atoms with E-state index in [4.69, 9.17) is 4.74 Å². The smallest absolute Gasteiger partial charge is 0.334 e. The molecule has 0 radical (unpaired) electrons. The van der Waals surface area contributed by atoms with Gasteiger partial charge in [0.15, 0.2) is 12.0 Å². The van der Waals surface area contributed by atoms with Crippen molar-refractivity contribution >= 4 is 45.6 Å². The van der Waals surface area contributed by atoms with Crippen molar-refractivity contribution in [3.8, 4) is 0 Å². The van der Waals surface area contributed by atoms with Gasteiger partial charge >= 0.3 is 16.5 Å². The first kappa shape index (κ1) is 33.6. The number of nitrogens with zero attached hydrogens (tertiary/aromatic N) is 2. The van der Waals surface area contributed by atoms with Crippen LogP contribution in [0.4, 0.5) is 0 Å². The monoisotopic (exact) mass is 605 g/mol. The lowest BCUT2D eigenvalue weighted by Gasteiger charge is -2.21. The molecule has 0 fully saturated rings. The number of aryl methyl sites for hydroxylation is 4. The number of guanidine groups is 1. The molecule has 41 heavy (non-hydrogen) atoms. The number of amides is 2. The van der Waals surface area contributed by atoms with E-state index >= 15 is 0 Å². The van der Waals surface area contributed by atoms with Crippen LogP contribution in [0.2, 0.25) is 0 Å². The van der Waals surface area contributed by atoms with E-state index in [1.807, 2.05) is 0 Å². The highest BCUT2D eigenvalue weighted by atomic mass is 32.2. The van der Waals surface area contributed by atoms with E-state index in [-0.39, 0.29) is 18.9 Å². The van der Waals surface area contributed by atoms with Gasteiger partial charge in [-0.3, -0.25) is 19.9 Å². The highest BCUT2D eigenvalue weighted by molar-refractivity contribution is 7.61. The van der Waals surface area contributed by atoms with Gasteiger partial charge in [-0.1, -0.05) is 34.9 Å². The molecule has 1 aliphatic rings. The maximum atomic E-state index is 12.4. The predicted octanol–water partition coefficient (Wildman–Crippen LogP) is 3.26. The van der Waals surface area contributed by atoms with Crippen LogP contribution in [0.25, 0.3) is 0 Å². The van der Waals surface area contributed by atoms with Gasteiger partial charge in [-0.25, -0.2) is 4.79 Å². The Morgan fingerprint density at radius 3 is 2.27 bits per heavy atom. The van der Waals surface area contributed by atoms with Crippen LogP contribution in [0.5, 0.6) is 0 Å². The molecule has 0 unspecified atom stereocenters. The molecule has 1 aromatic carbocycles. The average Bonchev–Trinajstić information content (AvgIpc) is 3.33. The average molecular weight is 606 g/mol. The summed E-state index contributed by atoms with van der Waals surface area (Å²) < 4.78 is 30.3. The van der Waals surface area contributed by atoms with Crippen molar-refractivity contribution in [2.45, 2.75) is 72.4 Å². The second kappa shape index (κ2) is 16.0. The molecule has 0 saturated carbocycles. The maximum absolute atomic E-state index is 12.4. The molecule has 0 bridgehead atoms. The lowest BCUT2D eigenvalue weighted by atomic mass is 10.1. The van der Waals surface area contributed by atoms with Crippen molar-refractivity contribution in [1.82, 2.24) is 16.0 Å². The Bertz CT molecular complexity index is 1330. The zero-order chi connectivity index (χ0) is 30.6. The summed E-state index contributed by atoms with van der Waals surface area (Å²) in [7, 11) is -2.84.